The number of nitrogens with zero attached hydrogens (tertiary/aromatic N) is 2. The topological polar surface area (TPSA) is 82.9 Å². The van der Waals surface area contributed by atoms with Gasteiger partial charge in [-0.15, -0.1) is 0 Å². The number of rotatable bonds is 8. The summed E-state index contributed by atoms with van der Waals surface area (Å²) in [7, 11) is 0. The van der Waals surface area contributed by atoms with Gasteiger partial charge in [-0.2, -0.15) is 10.2 Å². The van der Waals surface area contributed by atoms with Crippen LogP contribution in [-0.2, 0) is 22.4 Å². The lowest BCUT2D eigenvalue weighted by atomic mass is 10.1. The summed E-state index contributed by atoms with van der Waals surface area (Å²) < 4.78 is 0. The standard InChI is InChI=1S/C24H30N4O2/c1-5-7-19-9-13-21(14-10-19)17(3)25-27-23(29)24(30)28-26-18(4)22-15-11-20(8-6-2)12-16-22/h9-16H,5-8H2,1-4H3,(H,27,29)(H,28,30). The number of carbonyl (C=O) groups is 2. The molecule has 0 aromatic heterocycles. The summed E-state index contributed by atoms with van der Waals surface area (Å²) in [6.45, 7) is 7.82. The first-order chi connectivity index (χ1) is 14.4. The van der Waals surface area contributed by atoms with E-state index < -0.39 is 11.8 Å². The summed E-state index contributed by atoms with van der Waals surface area (Å²) in [6, 6.07) is 16.0. The third-order valence-corrected chi connectivity index (χ3v) is 4.68. The van der Waals surface area contributed by atoms with Crippen LogP contribution in [0.4, 0.5) is 0 Å². The normalized spacial score (nSPS) is 11.9. The van der Waals surface area contributed by atoms with Crippen molar-refractivity contribution in [1.29, 1.82) is 0 Å². The van der Waals surface area contributed by atoms with E-state index in [1.807, 2.05) is 48.5 Å². The minimum Gasteiger partial charge on any atom is -0.262 e. The molecule has 0 fully saturated rings. The molecule has 0 bridgehead atoms. The maximum absolute atomic E-state index is 12.0. The predicted molar refractivity (Wildman–Crippen MR) is 122 cm³/mol. The largest absolute Gasteiger partial charge is 0.331 e. The molecule has 0 saturated carbocycles. The molecule has 0 saturated heterocycles. The van der Waals surface area contributed by atoms with Crippen LogP contribution in [0.5, 0.6) is 0 Å². The molecule has 0 aliphatic carbocycles. The Balaban J connectivity index is 1.91. The van der Waals surface area contributed by atoms with Crippen LogP contribution >= 0.6 is 0 Å². The Morgan fingerprint density at radius 1 is 0.667 bits per heavy atom. The summed E-state index contributed by atoms with van der Waals surface area (Å²) in [5, 5.41) is 8.02. The van der Waals surface area contributed by atoms with Gasteiger partial charge in [0.2, 0.25) is 0 Å². The highest BCUT2D eigenvalue weighted by atomic mass is 16.2. The first kappa shape index (κ1) is 23.0. The minimum absolute atomic E-state index is 0.617. The lowest BCUT2D eigenvalue weighted by Gasteiger charge is -2.05. The second-order valence-electron chi connectivity index (χ2n) is 7.17. The fourth-order valence-electron chi connectivity index (χ4n) is 2.90. The summed E-state index contributed by atoms with van der Waals surface area (Å²) in [5.74, 6) is -1.74. The molecular weight excluding hydrogens is 376 g/mol. The Morgan fingerprint density at radius 3 is 1.30 bits per heavy atom. The number of carbonyl (C=O) groups excluding carboxylic acids is 2. The van der Waals surface area contributed by atoms with Gasteiger partial charge in [0.25, 0.3) is 0 Å². The first-order valence-corrected chi connectivity index (χ1v) is 10.3. The van der Waals surface area contributed by atoms with Crippen molar-refractivity contribution in [3.63, 3.8) is 0 Å². The van der Waals surface area contributed by atoms with Crippen molar-refractivity contribution in [2.75, 3.05) is 0 Å². The lowest BCUT2D eigenvalue weighted by molar-refractivity contribution is -0.139. The maximum atomic E-state index is 12.0. The number of aryl methyl sites for hydroxylation is 2. The van der Waals surface area contributed by atoms with Gasteiger partial charge in [-0.05, 0) is 48.9 Å². The molecule has 0 aliphatic heterocycles. The molecule has 6 nitrogen and oxygen atoms in total. The smallest absolute Gasteiger partial charge is 0.262 e. The second-order valence-corrected chi connectivity index (χ2v) is 7.17. The molecular formula is C24H30N4O2. The number of hydrogen-bond acceptors (Lipinski definition) is 4. The van der Waals surface area contributed by atoms with E-state index in [0.717, 1.165) is 36.8 Å². The molecule has 2 aromatic carbocycles. The molecule has 0 spiro atoms. The third-order valence-electron chi connectivity index (χ3n) is 4.68. The second kappa shape index (κ2) is 11.7. The third kappa shape index (κ3) is 6.95. The van der Waals surface area contributed by atoms with Crippen LogP contribution in [0.1, 0.15) is 62.8 Å². The molecule has 0 unspecified atom stereocenters. The van der Waals surface area contributed by atoms with E-state index in [2.05, 4.69) is 34.9 Å². The zero-order chi connectivity index (χ0) is 21.9. The van der Waals surface area contributed by atoms with Crippen molar-refractivity contribution in [3.8, 4) is 0 Å². The monoisotopic (exact) mass is 406 g/mol. The van der Waals surface area contributed by atoms with Crippen molar-refractivity contribution in [2.24, 2.45) is 10.2 Å². The Kier molecular flexibility index (Phi) is 8.94. The van der Waals surface area contributed by atoms with Crippen LogP contribution in [0.15, 0.2) is 58.7 Å². The van der Waals surface area contributed by atoms with E-state index in [-0.39, 0.29) is 0 Å². The molecule has 2 N–H and O–H groups in total. The molecule has 0 aliphatic rings. The molecule has 0 heterocycles. The number of benzene rings is 2. The van der Waals surface area contributed by atoms with Crippen molar-refractivity contribution < 1.29 is 9.59 Å². The molecule has 0 radical (unpaired) electrons. The zero-order valence-electron chi connectivity index (χ0n) is 18.2. The van der Waals surface area contributed by atoms with E-state index >= 15 is 0 Å². The molecule has 2 aromatic rings. The van der Waals surface area contributed by atoms with E-state index in [0.29, 0.717) is 11.4 Å². The Labute approximate surface area is 178 Å². The Morgan fingerprint density at radius 2 is 1.00 bits per heavy atom. The van der Waals surface area contributed by atoms with Crippen molar-refractivity contribution in [2.45, 2.75) is 53.4 Å². The summed E-state index contributed by atoms with van der Waals surface area (Å²) in [4.78, 5) is 24.0. The van der Waals surface area contributed by atoms with Gasteiger partial charge in [-0.3, -0.25) is 9.59 Å². The number of hydrogen-bond donors (Lipinski definition) is 2. The SMILES string of the molecule is CCCc1ccc(C(C)=NNC(=O)C(=O)NN=C(C)c2ccc(CCC)cc2)cc1. The summed E-state index contributed by atoms with van der Waals surface area (Å²) >= 11 is 0. The van der Waals surface area contributed by atoms with Crippen LogP contribution in [0.3, 0.4) is 0 Å². The van der Waals surface area contributed by atoms with Gasteiger partial charge in [-0.1, -0.05) is 75.2 Å². The van der Waals surface area contributed by atoms with Crippen molar-refractivity contribution in [1.82, 2.24) is 10.9 Å². The van der Waals surface area contributed by atoms with Crippen LogP contribution in [0.2, 0.25) is 0 Å². The highest BCUT2D eigenvalue weighted by Crippen LogP contribution is 2.08. The van der Waals surface area contributed by atoms with Gasteiger partial charge in [-0.25, -0.2) is 10.9 Å². The van der Waals surface area contributed by atoms with Gasteiger partial charge in [0.1, 0.15) is 0 Å². The zero-order valence-corrected chi connectivity index (χ0v) is 18.2. The molecule has 30 heavy (non-hydrogen) atoms. The van der Waals surface area contributed by atoms with Gasteiger partial charge in [0.15, 0.2) is 0 Å². The van der Waals surface area contributed by atoms with E-state index in [1.165, 1.54) is 11.1 Å². The number of amides is 2. The quantitative estimate of drug-likeness (QED) is 0.395. The van der Waals surface area contributed by atoms with Crippen LogP contribution in [0.25, 0.3) is 0 Å². The highest BCUT2D eigenvalue weighted by Gasteiger charge is 2.12. The molecule has 2 rings (SSSR count). The molecule has 2 amide bonds. The van der Waals surface area contributed by atoms with Crippen molar-refractivity contribution >= 4 is 23.2 Å². The van der Waals surface area contributed by atoms with E-state index in [4.69, 9.17) is 0 Å². The van der Waals surface area contributed by atoms with Crippen molar-refractivity contribution in [3.05, 3.63) is 70.8 Å². The van der Waals surface area contributed by atoms with E-state index in [1.54, 1.807) is 13.8 Å². The fraction of sp³-hybridized carbons (Fsp3) is 0.333. The van der Waals surface area contributed by atoms with Crippen LogP contribution in [0, 0.1) is 0 Å². The van der Waals surface area contributed by atoms with Gasteiger partial charge in [0.05, 0.1) is 11.4 Å². The maximum Gasteiger partial charge on any atom is 0.331 e. The summed E-state index contributed by atoms with van der Waals surface area (Å²) in [5.41, 5.74) is 10.1. The molecule has 6 heteroatoms. The Bertz CT molecular complexity index is 836. The van der Waals surface area contributed by atoms with Gasteiger partial charge < -0.3 is 0 Å². The lowest BCUT2D eigenvalue weighted by Crippen LogP contribution is -2.36. The first-order valence-electron chi connectivity index (χ1n) is 10.3. The Hall–Kier alpha value is -3.28. The molecule has 0 atom stereocenters. The summed E-state index contributed by atoms with van der Waals surface area (Å²) in [6.07, 6.45) is 4.22. The van der Waals surface area contributed by atoms with Crippen LogP contribution in [-0.4, -0.2) is 23.2 Å². The molecule has 158 valence electrons. The average Bonchev–Trinajstić information content (AvgIpc) is 2.76. The highest BCUT2D eigenvalue weighted by molar-refractivity contribution is 6.35. The average molecular weight is 407 g/mol. The van der Waals surface area contributed by atoms with Gasteiger partial charge >= 0.3 is 11.8 Å². The van der Waals surface area contributed by atoms with E-state index in [9.17, 15) is 9.59 Å². The fourth-order valence-corrected chi connectivity index (χ4v) is 2.90. The predicted octanol–water partition coefficient (Wildman–Crippen LogP) is 3.97. The number of hydrazone groups is 2. The van der Waals surface area contributed by atoms with Gasteiger partial charge in [0, 0.05) is 0 Å². The van der Waals surface area contributed by atoms with Crippen LogP contribution < -0.4 is 10.9 Å². The minimum atomic E-state index is -0.869. The number of nitrogens with one attached hydrogen (secondary N) is 2.